The fourth-order valence-corrected chi connectivity index (χ4v) is 4.91. The summed E-state index contributed by atoms with van der Waals surface area (Å²) >= 11 is 18.0. The molecule has 3 rings (SSSR count). The van der Waals surface area contributed by atoms with Crippen LogP contribution in [0.4, 0.5) is 5.69 Å². The summed E-state index contributed by atoms with van der Waals surface area (Å²) < 4.78 is 28.0. The van der Waals surface area contributed by atoms with Crippen LogP contribution in [0, 0.1) is 5.92 Å². The van der Waals surface area contributed by atoms with Gasteiger partial charge in [-0.25, -0.2) is 8.42 Å². The van der Waals surface area contributed by atoms with E-state index in [0.29, 0.717) is 24.0 Å². The maximum atomic E-state index is 12.8. The maximum absolute atomic E-state index is 12.8. The minimum Gasteiger partial charge on any atom is -0.338 e. The molecule has 1 aliphatic rings. The molecule has 1 unspecified atom stereocenters. The van der Waals surface area contributed by atoms with Gasteiger partial charge in [-0.3, -0.25) is 9.52 Å². The number of halogens is 3. The van der Waals surface area contributed by atoms with Crippen molar-refractivity contribution < 1.29 is 13.2 Å². The molecular weight excluding hydrogens is 431 g/mol. The number of amides is 1. The molecule has 0 aliphatic carbocycles. The number of rotatable bonds is 4. The summed E-state index contributed by atoms with van der Waals surface area (Å²) in [6.45, 7) is 3.38. The molecule has 1 aliphatic heterocycles. The Morgan fingerprint density at radius 3 is 2.48 bits per heavy atom. The van der Waals surface area contributed by atoms with Crippen molar-refractivity contribution in [1.82, 2.24) is 4.90 Å². The summed E-state index contributed by atoms with van der Waals surface area (Å²) in [5.41, 5.74) is 0.399. The van der Waals surface area contributed by atoms with E-state index in [4.69, 9.17) is 34.8 Å². The Morgan fingerprint density at radius 2 is 1.81 bits per heavy atom. The predicted molar refractivity (Wildman–Crippen MR) is 108 cm³/mol. The lowest BCUT2D eigenvalue weighted by atomic mass is 10.2. The number of nitrogens with one attached hydrogen (secondary N) is 1. The molecule has 0 spiro atoms. The second-order valence-corrected chi connectivity index (χ2v) is 9.42. The number of carbonyl (C=O) groups excluding carboxylic acids is 1. The summed E-state index contributed by atoms with van der Waals surface area (Å²) in [6, 6.07) is 8.65. The highest BCUT2D eigenvalue weighted by molar-refractivity contribution is 7.92. The van der Waals surface area contributed by atoms with Gasteiger partial charge in [-0.2, -0.15) is 0 Å². The molecule has 0 radical (unpaired) electrons. The Bertz CT molecular complexity index is 995. The van der Waals surface area contributed by atoms with E-state index in [-0.39, 0.29) is 32.1 Å². The second-order valence-electron chi connectivity index (χ2n) is 6.52. The van der Waals surface area contributed by atoms with Crippen LogP contribution in [0.25, 0.3) is 0 Å². The topological polar surface area (TPSA) is 66.5 Å². The van der Waals surface area contributed by atoms with Crippen LogP contribution in [0.5, 0.6) is 0 Å². The van der Waals surface area contributed by atoms with Crippen molar-refractivity contribution in [2.24, 2.45) is 5.92 Å². The lowest BCUT2D eigenvalue weighted by molar-refractivity contribution is 0.0788. The van der Waals surface area contributed by atoms with Gasteiger partial charge in [0.15, 0.2) is 0 Å². The van der Waals surface area contributed by atoms with Gasteiger partial charge in [0.2, 0.25) is 0 Å². The summed E-state index contributed by atoms with van der Waals surface area (Å²) in [6.07, 6.45) is 0.930. The Morgan fingerprint density at radius 1 is 1.11 bits per heavy atom. The van der Waals surface area contributed by atoms with E-state index in [1.54, 1.807) is 11.0 Å². The van der Waals surface area contributed by atoms with Gasteiger partial charge in [0.25, 0.3) is 15.9 Å². The van der Waals surface area contributed by atoms with Gasteiger partial charge in [-0.15, -0.1) is 0 Å². The van der Waals surface area contributed by atoms with Crippen molar-refractivity contribution in [2.75, 3.05) is 17.8 Å². The van der Waals surface area contributed by atoms with E-state index in [1.807, 2.05) is 0 Å². The summed E-state index contributed by atoms with van der Waals surface area (Å²) in [5, 5.41) is 0.527. The van der Waals surface area contributed by atoms with E-state index in [9.17, 15) is 13.2 Å². The molecule has 0 bridgehead atoms. The molecule has 27 heavy (non-hydrogen) atoms. The van der Waals surface area contributed by atoms with E-state index < -0.39 is 10.0 Å². The van der Waals surface area contributed by atoms with Gasteiger partial charge in [-0.1, -0.05) is 41.7 Å². The number of hydrogen-bond acceptors (Lipinski definition) is 3. The van der Waals surface area contributed by atoms with Crippen molar-refractivity contribution in [1.29, 1.82) is 0 Å². The summed E-state index contributed by atoms with van der Waals surface area (Å²) in [5.74, 6) is 0.212. The summed E-state index contributed by atoms with van der Waals surface area (Å²) in [7, 11) is -4.07. The molecule has 5 nitrogen and oxygen atoms in total. The third-order valence-electron chi connectivity index (χ3n) is 4.35. The van der Waals surface area contributed by atoms with Crippen molar-refractivity contribution >= 4 is 56.4 Å². The molecule has 0 saturated carbocycles. The first-order valence-corrected chi connectivity index (χ1v) is 10.9. The molecular formula is C18H17Cl3N2O3S. The normalized spacial score (nSPS) is 17.2. The largest absolute Gasteiger partial charge is 0.338 e. The Hall–Kier alpha value is -1.47. The van der Waals surface area contributed by atoms with Crippen LogP contribution in [-0.4, -0.2) is 32.3 Å². The number of likely N-dealkylation sites (tertiary alicyclic amines) is 1. The quantitative estimate of drug-likeness (QED) is 0.722. The molecule has 0 aromatic heterocycles. The summed E-state index contributed by atoms with van der Waals surface area (Å²) in [4.78, 5) is 14.2. The predicted octanol–water partition coefficient (Wildman–Crippen LogP) is 4.93. The van der Waals surface area contributed by atoms with Crippen molar-refractivity contribution in [3.8, 4) is 0 Å². The lowest BCUT2D eigenvalue weighted by Gasteiger charge is -2.17. The molecule has 2 aromatic rings. The monoisotopic (exact) mass is 446 g/mol. The Labute approximate surface area is 173 Å². The first kappa shape index (κ1) is 20.3. The van der Waals surface area contributed by atoms with Crippen LogP contribution in [-0.2, 0) is 10.0 Å². The fraction of sp³-hybridized carbons (Fsp3) is 0.278. The zero-order valence-electron chi connectivity index (χ0n) is 14.4. The number of hydrogen-bond donors (Lipinski definition) is 1. The molecule has 2 aromatic carbocycles. The lowest BCUT2D eigenvalue weighted by Crippen LogP contribution is -2.28. The highest BCUT2D eigenvalue weighted by Gasteiger charge is 2.26. The van der Waals surface area contributed by atoms with Gasteiger partial charge in [0, 0.05) is 23.7 Å². The zero-order chi connectivity index (χ0) is 19.8. The first-order chi connectivity index (χ1) is 12.7. The molecule has 144 valence electrons. The fourth-order valence-electron chi connectivity index (χ4n) is 2.92. The van der Waals surface area contributed by atoms with Gasteiger partial charge >= 0.3 is 0 Å². The van der Waals surface area contributed by atoms with Crippen LogP contribution in [0.1, 0.15) is 23.7 Å². The minimum atomic E-state index is -4.07. The number of carbonyl (C=O) groups is 1. The molecule has 1 saturated heterocycles. The average Bonchev–Trinajstić information content (AvgIpc) is 3.04. The van der Waals surface area contributed by atoms with E-state index in [1.165, 1.54) is 30.3 Å². The number of anilines is 1. The number of nitrogens with zero attached hydrogens (tertiary/aromatic N) is 1. The first-order valence-electron chi connectivity index (χ1n) is 8.24. The molecule has 1 heterocycles. The second kappa shape index (κ2) is 7.87. The molecule has 1 amide bonds. The molecule has 1 N–H and O–H groups in total. The zero-order valence-corrected chi connectivity index (χ0v) is 17.5. The van der Waals surface area contributed by atoms with Crippen LogP contribution in [0.15, 0.2) is 41.3 Å². The number of benzene rings is 2. The molecule has 1 atom stereocenters. The Balaban J connectivity index is 1.93. The third kappa shape index (κ3) is 4.51. The van der Waals surface area contributed by atoms with Gasteiger partial charge in [0.05, 0.1) is 15.7 Å². The van der Waals surface area contributed by atoms with Crippen molar-refractivity contribution in [2.45, 2.75) is 18.2 Å². The highest BCUT2D eigenvalue weighted by Crippen LogP contribution is 2.30. The van der Waals surface area contributed by atoms with Gasteiger partial charge in [-0.05, 0) is 48.7 Å². The molecule has 9 heteroatoms. The van der Waals surface area contributed by atoms with Gasteiger partial charge < -0.3 is 4.90 Å². The molecule has 1 fully saturated rings. The number of sulfonamides is 1. The standard InChI is InChI=1S/C18H17Cl3N2O3S/c1-11-6-7-23(10-11)18(24)12-2-4-15(21)17(8-12)27(25,26)22-16-9-13(19)3-5-14(16)20/h2-5,8-9,11,22H,6-7,10H2,1H3. The van der Waals surface area contributed by atoms with E-state index in [0.717, 1.165) is 6.42 Å². The Kier molecular flexibility index (Phi) is 5.91. The third-order valence-corrected chi connectivity index (χ3v) is 6.76. The SMILES string of the molecule is CC1CCN(C(=O)c2ccc(Cl)c(S(=O)(=O)Nc3cc(Cl)ccc3Cl)c2)C1. The smallest absolute Gasteiger partial charge is 0.263 e. The van der Waals surface area contributed by atoms with Crippen LogP contribution in [0.3, 0.4) is 0 Å². The van der Waals surface area contributed by atoms with Crippen LogP contribution >= 0.6 is 34.8 Å². The maximum Gasteiger partial charge on any atom is 0.263 e. The van der Waals surface area contributed by atoms with Crippen LogP contribution < -0.4 is 4.72 Å². The average molecular weight is 448 g/mol. The van der Waals surface area contributed by atoms with E-state index in [2.05, 4.69) is 11.6 Å². The van der Waals surface area contributed by atoms with Crippen molar-refractivity contribution in [3.05, 3.63) is 57.0 Å². The van der Waals surface area contributed by atoms with Crippen LogP contribution in [0.2, 0.25) is 15.1 Å². The van der Waals surface area contributed by atoms with E-state index >= 15 is 0 Å². The minimum absolute atomic E-state index is 0.00647. The van der Waals surface area contributed by atoms with Crippen molar-refractivity contribution in [3.63, 3.8) is 0 Å². The highest BCUT2D eigenvalue weighted by atomic mass is 35.5. The van der Waals surface area contributed by atoms with Gasteiger partial charge in [0.1, 0.15) is 4.90 Å².